The number of rotatable bonds is 4. The van der Waals surface area contributed by atoms with Crippen LogP contribution in [-0.2, 0) is 12.8 Å². The number of aryl methyl sites for hydroxylation is 2. The Hall–Kier alpha value is -1.80. The Balaban J connectivity index is 1.62. The van der Waals surface area contributed by atoms with E-state index in [4.69, 9.17) is 11.6 Å². The molecule has 0 spiro atoms. The van der Waals surface area contributed by atoms with Crippen molar-refractivity contribution < 1.29 is 4.79 Å². The molecular formula is C18H18ClNO. The molecule has 0 bridgehead atoms. The number of carbonyl (C=O) groups excluding carboxylic acids is 1. The van der Waals surface area contributed by atoms with Crippen molar-refractivity contribution in [1.82, 2.24) is 5.32 Å². The van der Waals surface area contributed by atoms with E-state index in [-0.39, 0.29) is 11.3 Å². The highest BCUT2D eigenvalue weighted by Gasteiger charge is 2.15. The molecule has 1 amide bonds. The lowest BCUT2D eigenvalue weighted by Crippen LogP contribution is -2.26. The van der Waals surface area contributed by atoms with Crippen molar-refractivity contribution in [2.75, 3.05) is 6.54 Å². The molecule has 108 valence electrons. The predicted molar refractivity (Wildman–Crippen MR) is 85.8 cm³/mol. The van der Waals surface area contributed by atoms with Crippen molar-refractivity contribution in [3.63, 3.8) is 0 Å². The van der Waals surface area contributed by atoms with E-state index >= 15 is 0 Å². The lowest BCUT2D eigenvalue weighted by molar-refractivity contribution is 0.0953. The SMILES string of the molecule is O=C(NCC(Cl)c1ccccc1)c1ccc2c(c1)CCC2. The third-order valence-electron chi connectivity index (χ3n) is 3.96. The van der Waals surface area contributed by atoms with Crippen LogP contribution in [0.5, 0.6) is 0 Å². The van der Waals surface area contributed by atoms with Crippen LogP contribution in [0, 0.1) is 0 Å². The number of hydrogen-bond acceptors (Lipinski definition) is 1. The van der Waals surface area contributed by atoms with Gasteiger partial charge in [0, 0.05) is 12.1 Å². The highest BCUT2D eigenvalue weighted by molar-refractivity contribution is 6.21. The summed E-state index contributed by atoms with van der Waals surface area (Å²) >= 11 is 6.32. The zero-order chi connectivity index (χ0) is 14.7. The van der Waals surface area contributed by atoms with Crippen LogP contribution in [0.25, 0.3) is 0 Å². The molecule has 0 saturated heterocycles. The fourth-order valence-electron chi connectivity index (χ4n) is 2.78. The first-order chi connectivity index (χ1) is 10.2. The van der Waals surface area contributed by atoms with Gasteiger partial charge < -0.3 is 5.32 Å². The molecule has 2 nitrogen and oxygen atoms in total. The summed E-state index contributed by atoms with van der Waals surface area (Å²) in [6, 6.07) is 15.8. The smallest absolute Gasteiger partial charge is 0.251 e. The maximum Gasteiger partial charge on any atom is 0.251 e. The summed E-state index contributed by atoms with van der Waals surface area (Å²) in [5.74, 6) is -0.0497. The molecule has 1 aliphatic carbocycles. The van der Waals surface area contributed by atoms with E-state index in [0.29, 0.717) is 6.54 Å². The van der Waals surface area contributed by atoms with E-state index in [9.17, 15) is 4.79 Å². The second-order valence-corrected chi connectivity index (χ2v) is 5.95. The third-order valence-corrected chi connectivity index (χ3v) is 4.37. The molecule has 1 N–H and O–H groups in total. The Morgan fingerprint density at radius 2 is 1.86 bits per heavy atom. The molecule has 3 heteroatoms. The molecule has 0 aromatic heterocycles. The Bertz CT molecular complexity index is 639. The van der Waals surface area contributed by atoms with Gasteiger partial charge in [-0.15, -0.1) is 11.6 Å². The second kappa shape index (κ2) is 6.31. The molecule has 1 aliphatic rings. The monoisotopic (exact) mass is 299 g/mol. The lowest BCUT2D eigenvalue weighted by atomic mass is 10.1. The highest BCUT2D eigenvalue weighted by atomic mass is 35.5. The topological polar surface area (TPSA) is 29.1 Å². The average Bonchev–Trinajstić information content (AvgIpc) is 3.00. The van der Waals surface area contributed by atoms with Gasteiger partial charge in [-0.05, 0) is 48.1 Å². The Morgan fingerprint density at radius 1 is 1.10 bits per heavy atom. The first-order valence-electron chi connectivity index (χ1n) is 7.33. The van der Waals surface area contributed by atoms with E-state index < -0.39 is 0 Å². The summed E-state index contributed by atoms with van der Waals surface area (Å²) in [7, 11) is 0. The normalized spacial score (nSPS) is 14.5. The van der Waals surface area contributed by atoms with E-state index in [1.165, 1.54) is 17.5 Å². The number of nitrogens with one attached hydrogen (secondary N) is 1. The second-order valence-electron chi connectivity index (χ2n) is 5.43. The lowest BCUT2D eigenvalue weighted by Gasteiger charge is -2.12. The summed E-state index contributed by atoms with van der Waals surface area (Å²) in [5, 5.41) is 2.71. The van der Waals surface area contributed by atoms with Gasteiger partial charge in [-0.2, -0.15) is 0 Å². The largest absolute Gasteiger partial charge is 0.350 e. The number of amides is 1. The Labute approximate surface area is 130 Å². The maximum absolute atomic E-state index is 12.2. The minimum Gasteiger partial charge on any atom is -0.350 e. The van der Waals surface area contributed by atoms with Crippen molar-refractivity contribution >= 4 is 17.5 Å². The number of alkyl halides is 1. The van der Waals surface area contributed by atoms with Gasteiger partial charge in [-0.3, -0.25) is 4.79 Å². The van der Waals surface area contributed by atoms with Crippen LogP contribution in [0.4, 0.5) is 0 Å². The van der Waals surface area contributed by atoms with Crippen LogP contribution < -0.4 is 5.32 Å². The summed E-state index contributed by atoms with van der Waals surface area (Å²) in [4.78, 5) is 12.2. The van der Waals surface area contributed by atoms with Gasteiger partial charge in [0.2, 0.25) is 0 Å². The van der Waals surface area contributed by atoms with Crippen LogP contribution in [0.15, 0.2) is 48.5 Å². The van der Waals surface area contributed by atoms with Gasteiger partial charge in [0.1, 0.15) is 0 Å². The standard InChI is InChI=1S/C18H18ClNO/c19-17(14-5-2-1-3-6-14)12-20-18(21)16-10-9-13-7-4-8-15(13)11-16/h1-3,5-6,9-11,17H,4,7-8,12H2,(H,20,21). The molecule has 2 aromatic rings. The zero-order valence-corrected chi connectivity index (χ0v) is 12.6. The Morgan fingerprint density at radius 3 is 2.67 bits per heavy atom. The van der Waals surface area contributed by atoms with E-state index in [1.54, 1.807) is 0 Å². The molecule has 2 aromatic carbocycles. The summed E-state index contributed by atoms with van der Waals surface area (Å²) in [6.45, 7) is 0.432. The zero-order valence-electron chi connectivity index (χ0n) is 11.8. The number of carbonyl (C=O) groups is 1. The fourth-order valence-corrected chi connectivity index (χ4v) is 3.00. The summed E-state index contributed by atoms with van der Waals surface area (Å²) in [5.41, 5.74) is 4.44. The van der Waals surface area contributed by atoms with E-state index in [0.717, 1.165) is 24.0 Å². The van der Waals surface area contributed by atoms with Crippen LogP contribution in [-0.4, -0.2) is 12.5 Å². The van der Waals surface area contributed by atoms with E-state index in [2.05, 4.69) is 11.4 Å². The molecule has 1 unspecified atom stereocenters. The quantitative estimate of drug-likeness (QED) is 0.853. The average molecular weight is 300 g/mol. The first kappa shape index (κ1) is 14.2. The molecular weight excluding hydrogens is 282 g/mol. The van der Waals surface area contributed by atoms with Crippen LogP contribution in [0.1, 0.15) is 38.8 Å². The molecule has 0 saturated carbocycles. The fraction of sp³-hybridized carbons (Fsp3) is 0.278. The van der Waals surface area contributed by atoms with Gasteiger partial charge in [0.15, 0.2) is 0 Å². The van der Waals surface area contributed by atoms with Gasteiger partial charge in [0.05, 0.1) is 5.38 Å². The van der Waals surface area contributed by atoms with Gasteiger partial charge >= 0.3 is 0 Å². The number of benzene rings is 2. The summed E-state index contributed by atoms with van der Waals surface area (Å²) < 4.78 is 0. The first-order valence-corrected chi connectivity index (χ1v) is 7.77. The molecule has 21 heavy (non-hydrogen) atoms. The summed E-state index contributed by atoms with van der Waals surface area (Å²) in [6.07, 6.45) is 3.41. The van der Waals surface area contributed by atoms with Crippen molar-refractivity contribution in [3.8, 4) is 0 Å². The minimum atomic E-state index is -0.204. The van der Waals surface area contributed by atoms with Crippen LogP contribution in [0.3, 0.4) is 0 Å². The molecule has 1 atom stereocenters. The molecule has 0 heterocycles. The molecule has 0 fully saturated rings. The van der Waals surface area contributed by atoms with Crippen molar-refractivity contribution in [2.24, 2.45) is 0 Å². The molecule has 0 radical (unpaired) electrons. The van der Waals surface area contributed by atoms with Crippen LogP contribution >= 0.6 is 11.6 Å². The van der Waals surface area contributed by atoms with Gasteiger partial charge in [0.25, 0.3) is 5.91 Å². The van der Waals surface area contributed by atoms with Gasteiger partial charge in [-0.25, -0.2) is 0 Å². The number of hydrogen-bond donors (Lipinski definition) is 1. The molecule has 0 aliphatic heterocycles. The van der Waals surface area contributed by atoms with Crippen LogP contribution in [0.2, 0.25) is 0 Å². The Kier molecular flexibility index (Phi) is 4.26. The van der Waals surface area contributed by atoms with E-state index in [1.807, 2.05) is 42.5 Å². The number of fused-ring (bicyclic) bond motifs is 1. The van der Waals surface area contributed by atoms with Crippen molar-refractivity contribution in [2.45, 2.75) is 24.6 Å². The minimum absolute atomic E-state index is 0.0497. The van der Waals surface area contributed by atoms with Crippen molar-refractivity contribution in [1.29, 1.82) is 0 Å². The third kappa shape index (κ3) is 3.27. The van der Waals surface area contributed by atoms with Crippen molar-refractivity contribution in [3.05, 3.63) is 70.8 Å². The highest BCUT2D eigenvalue weighted by Crippen LogP contribution is 2.23. The molecule has 3 rings (SSSR count). The maximum atomic E-state index is 12.2. The van der Waals surface area contributed by atoms with Gasteiger partial charge in [-0.1, -0.05) is 36.4 Å². The number of halogens is 1. The predicted octanol–water partition coefficient (Wildman–Crippen LogP) is 3.89.